The van der Waals surface area contributed by atoms with E-state index in [0.29, 0.717) is 17.7 Å². The topological polar surface area (TPSA) is 55.4 Å². The van der Waals surface area contributed by atoms with Crippen LogP contribution in [-0.4, -0.2) is 12.0 Å². The second-order valence-electron chi connectivity index (χ2n) is 2.66. The Morgan fingerprint density at radius 1 is 1.54 bits per heavy atom. The van der Waals surface area contributed by atoms with E-state index in [1.807, 2.05) is 13.8 Å². The van der Waals surface area contributed by atoms with Crippen molar-refractivity contribution in [2.45, 2.75) is 27.2 Å². The Kier molecular flexibility index (Phi) is 5.52. The average Bonchev–Trinajstić information content (AvgIpc) is 2.15. The van der Waals surface area contributed by atoms with Crippen LogP contribution >= 0.6 is 0 Å². The van der Waals surface area contributed by atoms with Gasteiger partial charge in [-0.3, -0.25) is 9.79 Å². The zero-order valence-electron chi connectivity index (χ0n) is 8.37. The van der Waals surface area contributed by atoms with Crippen LogP contribution in [0.25, 0.3) is 0 Å². The minimum atomic E-state index is 0.108. The number of rotatable bonds is 4. The molecule has 0 amide bonds. The maximum absolute atomic E-state index is 11.1. The Morgan fingerprint density at radius 2 is 2.15 bits per heavy atom. The van der Waals surface area contributed by atoms with Gasteiger partial charge in [0.15, 0.2) is 5.78 Å². The molecule has 0 aromatic rings. The zero-order valence-corrected chi connectivity index (χ0v) is 8.37. The molecule has 0 heterocycles. The number of aliphatic imine (C=N–C) groups is 1. The van der Waals surface area contributed by atoms with Crippen LogP contribution < -0.4 is 5.73 Å². The predicted octanol–water partition coefficient (Wildman–Crippen LogP) is 1.80. The molecule has 0 bridgehead atoms. The molecule has 0 aromatic heterocycles. The van der Waals surface area contributed by atoms with Gasteiger partial charge in [-0.05, 0) is 13.8 Å². The third-order valence-corrected chi connectivity index (χ3v) is 1.59. The van der Waals surface area contributed by atoms with Crippen LogP contribution in [0.5, 0.6) is 0 Å². The van der Waals surface area contributed by atoms with Crippen molar-refractivity contribution in [2.24, 2.45) is 10.7 Å². The van der Waals surface area contributed by atoms with Crippen molar-refractivity contribution in [3.8, 4) is 0 Å². The highest BCUT2D eigenvalue weighted by atomic mass is 16.1. The number of carbonyl (C=O) groups is 1. The van der Waals surface area contributed by atoms with Gasteiger partial charge in [0.05, 0.1) is 0 Å². The van der Waals surface area contributed by atoms with E-state index in [4.69, 9.17) is 5.73 Å². The molecule has 0 fully saturated rings. The first-order valence-corrected chi connectivity index (χ1v) is 4.26. The lowest BCUT2D eigenvalue weighted by Crippen LogP contribution is -1.98. The predicted molar refractivity (Wildman–Crippen MR) is 55.5 cm³/mol. The molecule has 0 saturated heterocycles. The van der Waals surface area contributed by atoms with Crippen molar-refractivity contribution < 1.29 is 4.79 Å². The van der Waals surface area contributed by atoms with E-state index in [2.05, 4.69) is 4.99 Å². The summed E-state index contributed by atoms with van der Waals surface area (Å²) in [5.41, 5.74) is 6.71. The fourth-order valence-electron chi connectivity index (χ4n) is 0.661. The third-order valence-electron chi connectivity index (χ3n) is 1.59. The molecule has 0 saturated carbocycles. The minimum Gasteiger partial charge on any atom is -0.398 e. The fraction of sp³-hybridized carbons (Fsp3) is 0.400. The minimum absolute atomic E-state index is 0.108. The quantitative estimate of drug-likeness (QED) is 0.529. The van der Waals surface area contributed by atoms with Gasteiger partial charge in [-0.25, -0.2) is 0 Å². The van der Waals surface area contributed by atoms with E-state index < -0.39 is 0 Å². The molecule has 0 unspecified atom stereocenters. The summed E-state index contributed by atoms with van der Waals surface area (Å²) in [6.07, 6.45) is 5.31. The Balaban J connectivity index is 4.27. The molecule has 3 heteroatoms. The van der Waals surface area contributed by atoms with E-state index >= 15 is 0 Å². The Morgan fingerprint density at radius 3 is 2.62 bits per heavy atom. The highest BCUT2D eigenvalue weighted by Crippen LogP contribution is 1.98. The zero-order chi connectivity index (χ0) is 10.3. The number of nitrogens with two attached hydrogens (primary N) is 1. The summed E-state index contributed by atoms with van der Waals surface area (Å²) in [5.74, 6) is 0.108. The first kappa shape index (κ1) is 11.6. The van der Waals surface area contributed by atoms with Gasteiger partial charge in [0.1, 0.15) is 0 Å². The summed E-state index contributed by atoms with van der Waals surface area (Å²) in [6, 6.07) is 0. The molecular weight excluding hydrogens is 164 g/mol. The van der Waals surface area contributed by atoms with Gasteiger partial charge in [0.25, 0.3) is 0 Å². The van der Waals surface area contributed by atoms with Crippen molar-refractivity contribution in [3.05, 3.63) is 23.5 Å². The van der Waals surface area contributed by atoms with Crippen molar-refractivity contribution in [3.63, 3.8) is 0 Å². The van der Waals surface area contributed by atoms with Crippen LogP contribution in [0.3, 0.4) is 0 Å². The van der Waals surface area contributed by atoms with Gasteiger partial charge in [-0.1, -0.05) is 13.0 Å². The molecule has 0 aromatic carbocycles. The molecule has 3 nitrogen and oxygen atoms in total. The first-order valence-electron chi connectivity index (χ1n) is 4.26. The standard InChI is InChI=1S/C10H16N2O/c1-4-9(11)7-12-6-8(3)10(13)5-2/h4,6-7H,5,11H2,1-3H3/b8-6+,9-4+,12-7-. The largest absolute Gasteiger partial charge is 0.398 e. The molecule has 0 aliphatic rings. The van der Waals surface area contributed by atoms with E-state index in [-0.39, 0.29) is 5.78 Å². The van der Waals surface area contributed by atoms with Crippen LogP contribution in [0, 0.1) is 0 Å². The molecule has 2 N–H and O–H groups in total. The second-order valence-corrected chi connectivity index (χ2v) is 2.66. The monoisotopic (exact) mass is 180 g/mol. The van der Waals surface area contributed by atoms with Crippen LogP contribution in [0.2, 0.25) is 0 Å². The summed E-state index contributed by atoms with van der Waals surface area (Å²) >= 11 is 0. The SMILES string of the molecule is C\C=C(N)/C=N\C=C(/C)C(=O)CC. The fourth-order valence-corrected chi connectivity index (χ4v) is 0.661. The van der Waals surface area contributed by atoms with Crippen molar-refractivity contribution in [1.29, 1.82) is 0 Å². The highest BCUT2D eigenvalue weighted by molar-refractivity contribution is 5.94. The summed E-state index contributed by atoms with van der Waals surface area (Å²) in [6.45, 7) is 5.40. The molecule has 0 radical (unpaired) electrons. The average molecular weight is 180 g/mol. The number of hydrogen-bond acceptors (Lipinski definition) is 3. The molecule has 0 aliphatic carbocycles. The Hall–Kier alpha value is -1.38. The normalized spacial score (nSPS) is 13.8. The van der Waals surface area contributed by atoms with E-state index in [1.54, 1.807) is 13.0 Å². The molecule has 0 atom stereocenters. The number of nitrogens with zero attached hydrogens (tertiary/aromatic N) is 1. The first-order chi connectivity index (χ1) is 6.11. The smallest absolute Gasteiger partial charge is 0.159 e. The number of hydrogen-bond donors (Lipinski definition) is 1. The second kappa shape index (κ2) is 6.17. The lowest BCUT2D eigenvalue weighted by molar-refractivity contribution is -0.115. The van der Waals surface area contributed by atoms with Crippen LogP contribution in [0.1, 0.15) is 27.2 Å². The van der Waals surface area contributed by atoms with Crippen LogP contribution in [-0.2, 0) is 4.79 Å². The van der Waals surface area contributed by atoms with Crippen molar-refractivity contribution in [2.75, 3.05) is 0 Å². The van der Waals surface area contributed by atoms with Gasteiger partial charge >= 0.3 is 0 Å². The van der Waals surface area contributed by atoms with Crippen molar-refractivity contribution in [1.82, 2.24) is 0 Å². The highest BCUT2D eigenvalue weighted by Gasteiger charge is 1.98. The molecular formula is C10H16N2O. The maximum Gasteiger partial charge on any atom is 0.159 e. The van der Waals surface area contributed by atoms with E-state index in [1.165, 1.54) is 12.4 Å². The third kappa shape index (κ3) is 4.95. The van der Waals surface area contributed by atoms with Crippen LogP contribution in [0.15, 0.2) is 28.5 Å². The maximum atomic E-state index is 11.1. The van der Waals surface area contributed by atoms with E-state index in [9.17, 15) is 4.79 Å². The van der Waals surface area contributed by atoms with Crippen LogP contribution in [0.4, 0.5) is 0 Å². The number of allylic oxidation sites excluding steroid dienone is 3. The van der Waals surface area contributed by atoms with Gasteiger partial charge in [-0.2, -0.15) is 0 Å². The van der Waals surface area contributed by atoms with Gasteiger partial charge in [0, 0.05) is 30.1 Å². The van der Waals surface area contributed by atoms with Gasteiger partial charge in [-0.15, -0.1) is 0 Å². The molecule has 0 rings (SSSR count). The molecule has 72 valence electrons. The van der Waals surface area contributed by atoms with E-state index in [0.717, 1.165) is 0 Å². The summed E-state index contributed by atoms with van der Waals surface area (Å²) in [5, 5.41) is 0. The Labute approximate surface area is 79.0 Å². The number of carbonyl (C=O) groups excluding carboxylic acids is 1. The van der Waals surface area contributed by atoms with Gasteiger partial charge < -0.3 is 5.73 Å². The molecule has 0 aliphatic heterocycles. The summed E-state index contributed by atoms with van der Waals surface area (Å²) < 4.78 is 0. The number of Topliss-reactive ketones (excluding diaryl/α,β-unsaturated/α-hetero) is 1. The molecule has 0 spiro atoms. The lowest BCUT2D eigenvalue weighted by atomic mass is 10.2. The Bertz CT molecular complexity index is 262. The summed E-state index contributed by atoms with van der Waals surface area (Å²) in [7, 11) is 0. The number of ketones is 1. The summed E-state index contributed by atoms with van der Waals surface area (Å²) in [4.78, 5) is 15.0. The van der Waals surface area contributed by atoms with Crippen molar-refractivity contribution >= 4 is 12.0 Å². The van der Waals surface area contributed by atoms with Gasteiger partial charge in [0.2, 0.25) is 0 Å². The molecule has 13 heavy (non-hydrogen) atoms. The lowest BCUT2D eigenvalue weighted by Gasteiger charge is -1.93.